The molecule has 2 aromatic rings. The van der Waals surface area contributed by atoms with Crippen LogP contribution in [0.2, 0.25) is 0 Å². The number of fused-ring (bicyclic) bond motifs is 1. The molecule has 0 radical (unpaired) electrons. The van der Waals surface area contributed by atoms with Crippen LogP contribution in [0.5, 0.6) is 5.75 Å². The lowest BCUT2D eigenvalue weighted by molar-refractivity contribution is 0.101. The molecule has 4 heteroatoms. The number of anilines is 2. The zero-order valence-corrected chi connectivity index (χ0v) is 11.1. The molecule has 2 N–H and O–H groups in total. The third kappa shape index (κ3) is 1.91. The summed E-state index contributed by atoms with van der Waals surface area (Å²) < 4.78 is 0. The second-order valence-corrected chi connectivity index (χ2v) is 4.72. The van der Waals surface area contributed by atoms with Gasteiger partial charge in [-0.05, 0) is 42.5 Å². The maximum absolute atomic E-state index is 11.5. The van der Waals surface area contributed by atoms with E-state index < -0.39 is 0 Å². The number of rotatable bonds is 2. The molecule has 3 rings (SSSR count). The zero-order chi connectivity index (χ0) is 14.3. The predicted molar refractivity (Wildman–Crippen MR) is 79.2 cm³/mol. The molecule has 0 saturated carbocycles. The summed E-state index contributed by atoms with van der Waals surface area (Å²) in [6.45, 7) is 5.55. The Kier molecular flexibility index (Phi) is 2.71. The van der Waals surface area contributed by atoms with Crippen molar-refractivity contribution < 1.29 is 9.90 Å². The van der Waals surface area contributed by atoms with Crippen molar-refractivity contribution in [1.29, 1.82) is 0 Å². The Morgan fingerprint density at radius 2 is 1.95 bits per heavy atom. The quantitative estimate of drug-likeness (QED) is 0.816. The molecule has 0 amide bonds. The lowest BCUT2D eigenvalue weighted by atomic mass is 10.1. The molecule has 1 aromatic heterocycles. The first-order chi connectivity index (χ1) is 9.56. The smallest absolute Gasteiger partial charge is 0.176 e. The maximum atomic E-state index is 11.5. The van der Waals surface area contributed by atoms with E-state index in [1.54, 1.807) is 24.3 Å². The Labute approximate surface area is 116 Å². The number of nitrogens with one attached hydrogen (secondary N) is 1. The van der Waals surface area contributed by atoms with Crippen molar-refractivity contribution in [2.45, 2.75) is 6.92 Å². The highest BCUT2D eigenvalue weighted by molar-refractivity contribution is 5.95. The molecule has 0 spiro atoms. The number of phenolic OH excluding ortho intramolecular Hbond substituents is 1. The average Bonchev–Trinajstić information content (AvgIpc) is 2.84. The third-order valence-corrected chi connectivity index (χ3v) is 3.28. The monoisotopic (exact) mass is 266 g/mol. The lowest BCUT2D eigenvalue weighted by Gasteiger charge is -2.27. The van der Waals surface area contributed by atoms with Crippen molar-refractivity contribution in [3.8, 4) is 5.75 Å². The van der Waals surface area contributed by atoms with Crippen molar-refractivity contribution in [3.05, 3.63) is 59.9 Å². The van der Waals surface area contributed by atoms with Gasteiger partial charge in [-0.1, -0.05) is 6.58 Å². The minimum absolute atomic E-state index is 0.0101. The molecule has 1 aromatic carbocycles. The number of phenols is 1. The van der Waals surface area contributed by atoms with Gasteiger partial charge in [-0.2, -0.15) is 0 Å². The number of benzene rings is 1. The van der Waals surface area contributed by atoms with Crippen LogP contribution in [0.1, 0.15) is 23.0 Å². The molecule has 0 aliphatic carbocycles. The number of nitrogens with zero attached hydrogens (tertiary/aromatic N) is 1. The average molecular weight is 266 g/mol. The van der Waals surface area contributed by atoms with Crippen LogP contribution in [-0.2, 0) is 0 Å². The molecular weight excluding hydrogens is 252 g/mol. The Morgan fingerprint density at radius 3 is 2.60 bits per heavy atom. The molecule has 1 aliphatic rings. The summed E-state index contributed by atoms with van der Waals surface area (Å²) in [5.74, 6) is 1.01. The molecule has 0 unspecified atom stereocenters. The van der Waals surface area contributed by atoms with Crippen molar-refractivity contribution in [2.24, 2.45) is 0 Å². The van der Waals surface area contributed by atoms with Crippen LogP contribution in [0.15, 0.2) is 48.7 Å². The number of carbonyl (C=O) groups excluding carboxylic acids is 1. The van der Waals surface area contributed by atoms with Gasteiger partial charge in [0.1, 0.15) is 11.6 Å². The number of aromatic hydroxyl groups is 1. The minimum atomic E-state index is -0.0101. The van der Waals surface area contributed by atoms with Gasteiger partial charge in [-0.25, -0.2) is 0 Å². The normalized spacial score (nSPS) is 13.4. The zero-order valence-electron chi connectivity index (χ0n) is 11.1. The molecule has 0 fully saturated rings. The van der Waals surface area contributed by atoms with E-state index in [0.717, 1.165) is 22.8 Å². The van der Waals surface area contributed by atoms with Gasteiger partial charge < -0.3 is 10.1 Å². The van der Waals surface area contributed by atoms with Crippen molar-refractivity contribution >= 4 is 23.4 Å². The Hall–Kier alpha value is -2.75. The maximum Gasteiger partial charge on any atom is 0.176 e. The largest absolute Gasteiger partial charge is 0.508 e. The van der Waals surface area contributed by atoms with Crippen LogP contribution in [0.25, 0.3) is 6.08 Å². The molecule has 0 atom stereocenters. The number of allylic oxidation sites excluding steroid dienone is 1. The number of aromatic amines is 1. The first-order valence-corrected chi connectivity index (χ1v) is 6.26. The Balaban J connectivity index is 2.12. The van der Waals surface area contributed by atoms with E-state index in [4.69, 9.17) is 0 Å². The highest BCUT2D eigenvalue weighted by Gasteiger charge is 2.21. The van der Waals surface area contributed by atoms with Crippen molar-refractivity contribution in [2.75, 3.05) is 4.90 Å². The fourth-order valence-electron chi connectivity index (χ4n) is 2.26. The van der Waals surface area contributed by atoms with E-state index in [1.165, 1.54) is 6.92 Å². The SMILES string of the molecule is C=C1C=Cc2cc(C(C)=O)[nH]c2N1c1ccc(O)cc1. The van der Waals surface area contributed by atoms with E-state index >= 15 is 0 Å². The van der Waals surface area contributed by atoms with Gasteiger partial charge in [0.25, 0.3) is 0 Å². The molecule has 20 heavy (non-hydrogen) atoms. The van der Waals surface area contributed by atoms with Crippen LogP contribution in [0, 0.1) is 0 Å². The van der Waals surface area contributed by atoms with Crippen molar-refractivity contribution in [1.82, 2.24) is 4.98 Å². The number of ketones is 1. The summed E-state index contributed by atoms with van der Waals surface area (Å²) >= 11 is 0. The number of hydrogen-bond donors (Lipinski definition) is 2. The van der Waals surface area contributed by atoms with Gasteiger partial charge in [0.05, 0.1) is 5.69 Å². The fourth-order valence-corrected chi connectivity index (χ4v) is 2.26. The Morgan fingerprint density at radius 1 is 1.25 bits per heavy atom. The van der Waals surface area contributed by atoms with E-state index in [0.29, 0.717) is 5.69 Å². The van der Waals surface area contributed by atoms with Gasteiger partial charge in [0.2, 0.25) is 0 Å². The second kappa shape index (κ2) is 4.42. The topological polar surface area (TPSA) is 56.3 Å². The summed E-state index contributed by atoms with van der Waals surface area (Å²) in [5.41, 5.74) is 3.17. The number of carbonyl (C=O) groups is 1. The highest BCUT2D eigenvalue weighted by Crippen LogP contribution is 2.37. The summed E-state index contributed by atoms with van der Waals surface area (Å²) in [6, 6.07) is 8.67. The summed E-state index contributed by atoms with van der Waals surface area (Å²) in [6.07, 6.45) is 3.82. The lowest BCUT2D eigenvalue weighted by Crippen LogP contribution is -2.17. The molecular formula is C16H14N2O2. The molecule has 1 aliphatic heterocycles. The highest BCUT2D eigenvalue weighted by atomic mass is 16.3. The van der Waals surface area contributed by atoms with E-state index in [2.05, 4.69) is 11.6 Å². The molecule has 0 saturated heterocycles. The van der Waals surface area contributed by atoms with Crippen LogP contribution in [0.4, 0.5) is 11.5 Å². The van der Waals surface area contributed by atoms with Crippen LogP contribution in [-0.4, -0.2) is 15.9 Å². The molecule has 0 bridgehead atoms. The summed E-state index contributed by atoms with van der Waals surface area (Å²) in [4.78, 5) is 16.5. The van der Waals surface area contributed by atoms with Crippen molar-refractivity contribution in [3.63, 3.8) is 0 Å². The Bertz CT molecular complexity index is 723. The fraction of sp³-hybridized carbons (Fsp3) is 0.0625. The second-order valence-electron chi connectivity index (χ2n) is 4.72. The minimum Gasteiger partial charge on any atom is -0.508 e. The standard InChI is InChI=1S/C16H14N2O2/c1-10-3-4-12-9-15(11(2)19)17-16(12)18(10)13-5-7-14(20)8-6-13/h3-9,17,20H,1H2,2H3. The first kappa shape index (κ1) is 12.3. The molecule has 4 nitrogen and oxygen atoms in total. The number of H-pyrrole nitrogens is 1. The van der Waals surface area contributed by atoms with E-state index in [1.807, 2.05) is 23.1 Å². The van der Waals surface area contributed by atoms with Crippen LogP contribution >= 0.6 is 0 Å². The number of Topliss-reactive ketones (excluding diaryl/α,β-unsaturated/α-hetero) is 1. The van der Waals surface area contributed by atoms with Crippen LogP contribution in [0.3, 0.4) is 0 Å². The van der Waals surface area contributed by atoms with Gasteiger partial charge >= 0.3 is 0 Å². The summed E-state index contributed by atoms with van der Waals surface area (Å²) in [7, 11) is 0. The van der Waals surface area contributed by atoms with Gasteiger partial charge in [-0.3, -0.25) is 9.69 Å². The van der Waals surface area contributed by atoms with Gasteiger partial charge in [0, 0.05) is 23.9 Å². The third-order valence-electron chi connectivity index (χ3n) is 3.28. The van der Waals surface area contributed by atoms with E-state index in [-0.39, 0.29) is 11.5 Å². The first-order valence-electron chi connectivity index (χ1n) is 6.26. The molecule has 2 heterocycles. The van der Waals surface area contributed by atoms with Gasteiger partial charge in [-0.15, -0.1) is 0 Å². The van der Waals surface area contributed by atoms with E-state index in [9.17, 15) is 9.90 Å². The molecule has 100 valence electrons. The number of aromatic nitrogens is 1. The predicted octanol–water partition coefficient (Wildman–Crippen LogP) is 3.60. The van der Waals surface area contributed by atoms with Crippen LogP contribution < -0.4 is 4.90 Å². The summed E-state index contributed by atoms with van der Waals surface area (Å²) in [5, 5.41) is 9.39. The van der Waals surface area contributed by atoms with Gasteiger partial charge in [0.15, 0.2) is 5.78 Å². The number of hydrogen-bond acceptors (Lipinski definition) is 3.